The molecule has 5 heteroatoms. The summed E-state index contributed by atoms with van der Waals surface area (Å²) in [5.41, 5.74) is 6.65. The van der Waals surface area contributed by atoms with Crippen molar-refractivity contribution in [1.82, 2.24) is 10.1 Å². The number of hydrogen-bond donors (Lipinski definition) is 1. The highest BCUT2D eigenvalue weighted by Crippen LogP contribution is 2.26. The third kappa shape index (κ3) is 3.17. The average molecular weight is 275 g/mol. The standard InChI is InChI=1S/C15H21N3O2/c1-4-19-12-7-5-6-11(8-12)14-17-15(20-18-14)13(9-16)10(2)3/h5-8,10,13H,4,9,16H2,1-3H3. The molecule has 0 saturated heterocycles. The first kappa shape index (κ1) is 14.5. The van der Waals surface area contributed by atoms with Gasteiger partial charge in [-0.1, -0.05) is 31.1 Å². The molecule has 0 saturated carbocycles. The zero-order valence-electron chi connectivity index (χ0n) is 12.2. The van der Waals surface area contributed by atoms with E-state index < -0.39 is 0 Å². The minimum atomic E-state index is 0.0892. The highest BCUT2D eigenvalue weighted by Gasteiger charge is 2.21. The molecule has 1 atom stereocenters. The molecule has 2 rings (SSSR count). The lowest BCUT2D eigenvalue weighted by molar-refractivity contribution is 0.324. The number of nitrogens with two attached hydrogens (primary N) is 1. The molecule has 0 amide bonds. The summed E-state index contributed by atoms with van der Waals surface area (Å²) < 4.78 is 10.8. The maximum atomic E-state index is 5.77. The van der Waals surface area contributed by atoms with Crippen LogP contribution < -0.4 is 10.5 Å². The van der Waals surface area contributed by atoms with Crippen LogP contribution in [0.4, 0.5) is 0 Å². The fourth-order valence-electron chi connectivity index (χ4n) is 2.05. The third-order valence-electron chi connectivity index (χ3n) is 3.22. The van der Waals surface area contributed by atoms with Crippen molar-refractivity contribution in [2.75, 3.05) is 13.2 Å². The molecule has 0 aliphatic carbocycles. The lowest BCUT2D eigenvalue weighted by atomic mass is 9.96. The first-order valence-electron chi connectivity index (χ1n) is 6.92. The Hall–Kier alpha value is -1.88. The van der Waals surface area contributed by atoms with Gasteiger partial charge in [-0.15, -0.1) is 0 Å². The van der Waals surface area contributed by atoms with Gasteiger partial charge in [-0.05, 0) is 25.0 Å². The number of nitrogens with zero attached hydrogens (tertiary/aromatic N) is 2. The van der Waals surface area contributed by atoms with E-state index >= 15 is 0 Å². The third-order valence-corrected chi connectivity index (χ3v) is 3.22. The van der Waals surface area contributed by atoms with Crippen molar-refractivity contribution >= 4 is 0 Å². The number of aromatic nitrogens is 2. The van der Waals surface area contributed by atoms with Crippen LogP contribution in [0.5, 0.6) is 5.75 Å². The number of rotatable bonds is 6. The van der Waals surface area contributed by atoms with Gasteiger partial charge in [-0.2, -0.15) is 4.98 Å². The molecular formula is C15H21N3O2. The molecule has 1 heterocycles. The van der Waals surface area contributed by atoms with Gasteiger partial charge >= 0.3 is 0 Å². The Morgan fingerprint density at radius 1 is 1.35 bits per heavy atom. The van der Waals surface area contributed by atoms with E-state index in [2.05, 4.69) is 24.0 Å². The summed E-state index contributed by atoms with van der Waals surface area (Å²) in [5.74, 6) is 2.42. The predicted molar refractivity (Wildman–Crippen MR) is 77.5 cm³/mol. The smallest absolute Gasteiger partial charge is 0.231 e. The van der Waals surface area contributed by atoms with Crippen LogP contribution in [-0.2, 0) is 0 Å². The molecule has 1 aromatic carbocycles. The highest BCUT2D eigenvalue weighted by molar-refractivity contribution is 5.56. The van der Waals surface area contributed by atoms with E-state index in [9.17, 15) is 0 Å². The Labute approximate surface area is 119 Å². The van der Waals surface area contributed by atoms with E-state index in [1.165, 1.54) is 0 Å². The summed E-state index contributed by atoms with van der Waals surface area (Å²) in [7, 11) is 0. The van der Waals surface area contributed by atoms with Gasteiger partial charge in [-0.3, -0.25) is 0 Å². The summed E-state index contributed by atoms with van der Waals surface area (Å²) in [6.45, 7) is 7.27. The van der Waals surface area contributed by atoms with Crippen molar-refractivity contribution in [2.24, 2.45) is 11.7 Å². The van der Waals surface area contributed by atoms with Crippen LogP contribution in [0.1, 0.15) is 32.6 Å². The van der Waals surface area contributed by atoms with Crippen LogP contribution in [0.3, 0.4) is 0 Å². The maximum Gasteiger partial charge on any atom is 0.231 e. The van der Waals surface area contributed by atoms with Crippen molar-refractivity contribution < 1.29 is 9.26 Å². The van der Waals surface area contributed by atoms with Gasteiger partial charge in [-0.25, -0.2) is 0 Å². The zero-order valence-corrected chi connectivity index (χ0v) is 12.2. The zero-order chi connectivity index (χ0) is 14.5. The number of benzene rings is 1. The molecular weight excluding hydrogens is 254 g/mol. The van der Waals surface area contributed by atoms with Gasteiger partial charge in [0.2, 0.25) is 11.7 Å². The number of ether oxygens (including phenoxy) is 1. The fraction of sp³-hybridized carbons (Fsp3) is 0.467. The molecule has 20 heavy (non-hydrogen) atoms. The van der Waals surface area contributed by atoms with Crippen molar-refractivity contribution in [3.8, 4) is 17.1 Å². The van der Waals surface area contributed by atoms with Gasteiger partial charge < -0.3 is 15.0 Å². The predicted octanol–water partition coefficient (Wildman–Crippen LogP) is 2.83. The Kier molecular flexibility index (Phi) is 4.74. The summed E-state index contributed by atoms with van der Waals surface area (Å²) in [6, 6.07) is 7.67. The molecule has 0 fully saturated rings. The summed E-state index contributed by atoms with van der Waals surface area (Å²) in [5, 5.41) is 4.04. The monoisotopic (exact) mass is 275 g/mol. The Morgan fingerprint density at radius 2 is 2.15 bits per heavy atom. The van der Waals surface area contributed by atoms with Crippen LogP contribution in [0.2, 0.25) is 0 Å². The van der Waals surface area contributed by atoms with Crippen molar-refractivity contribution in [2.45, 2.75) is 26.7 Å². The molecule has 2 N–H and O–H groups in total. The lowest BCUT2D eigenvalue weighted by Crippen LogP contribution is -2.18. The van der Waals surface area contributed by atoms with Crippen LogP contribution in [0.15, 0.2) is 28.8 Å². The van der Waals surface area contributed by atoms with Crippen LogP contribution in [0, 0.1) is 5.92 Å². The first-order valence-corrected chi connectivity index (χ1v) is 6.92. The maximum absolute atomic E-state index is 5.77. The van der Waals surface area contributed by atoms with E-state index in [-0.39, 0.29) is 5.92 Å². The first-order chi connectivity index (χ1) is 9.65. The van der Waals surface area contributed by atoms with Gasteiger partial charge in [0.25, 0.3) is 0 Å². The molecule has 5 nitrogen and oxygen atoms in total. The second-order valence-electron chi connectivity index (χ2n) is 5.00. The quantitative estimate of drug-likeness (QED) is 0.877. The summed E-state index contributed by atoms with van der Waals surface area (Å²) in [4.78, 5) is 4.46. The van der Waals surface area contributed by atoms with Crippen molar-refractivity contribution in [3.05, 3.63) is 30.2 Å². The molecule has 0 aliphatic heterocycles. The molecule has 1 aromatic heterocycles. The van der Waals surface area contributed by atoms with Crippen LogP contribution in [-0.4, -0.2) is 23.3 Å². The SMILES string of the molecule is CCOc1cccc(-c2noc(C(CN)C(C)C)n2)c1. The fourth-order valence-corrected chi connectivity index (χ4v) is 2.05. The molecule has 0 aliphatic rings. The molecule has 0 bridgehead atoms. The minimum absolute atomic E-state index is 0.0892. The molecule has 0 spiro atoms. The van der Waals surface area contributed by atoms with Crippen LogP contribution in [0.25, 0.3) is 11.4 Å². The second-order valence-corrected chi connectivity index (χ2v) is 5.00. The van der Waals surface area contributed by atoms with E-state index in [4.69, 9.17) is 15.0 Å². The largest absolute Gasteiger partial charge is 0.494 e. The Bertz CT molecular complexity index is 552. The number of hydrogen-bond acceptors (Lipinski definition) is 5. The Balaban J connectivity index is 2.26. The van der Waals surface area contributed by atoms with E-state index in [0.717, 1.165) is 11.3 Å². The van der Waals surface area contributed by atoms with E-state index in [1.807, 2.05) is 31.2 Å². The minimum Gasteiger partial charge on any atom is -0.494 e. The average Bonchev–Trinajstić information content (AvgIpc) is 2.89. The lowest BCUT2D eigenvalue weighted by Gasteiger charge is -2.13. The van der Waals surface area contributed by atoms with E-state index in [0.29, 0.717) is 30.8 Å². The van der Waals surface area contributed by atoms with E-state index in [1.54, 1.807) is 0 Å². The van der Waals surface area contributed by atoms with Crippen LogP contribution >= 0.6 is 0 Å². The molecule has 0 radical (unpaired) electrons. The highest BCUT2D eigenvalue weighted by atomic mass is 16.5. The van der Waals surface area contributed by atoms with Crippen molar-refractivity contribution in [1.29, 1.82) is 0 Å². The second kappa shape index (κ2) is 6.52. The molecule has 2 aromatic rings. The topological polar surface area (TPSA) is 74.2 Å². The van der Waals surface area contributed by atoms with Gasteiger partial charge in [0.1, 0.15) is 5.75 Å². The van der Waals surface area contributed by atoms with Gasteiger partial charge in [0.15, 0.2) is 0 Å². The van der Waals surface area contributed by atoms with Gasteiger partial charge in [0.05, 0.1) is 12.5 Å². The molecule has 108 valence electrons. The summed E-state index contributed by atoms with van der Waals surface area (Å²) >= 11 is 0. The van der Waals surface area contributed by atoms with Crippen molar-refractivity contribution in [3.63, 3.8) is 0 Å². The summed E-state index contributed by atoms with van der Waals surface area (Å²) in [6.07, 6.45) is 0. The normalized spacial score (nSPS) is 12.7. The van der Waals surface area contributed by atoms with Gasteiger partial charge in [0, 0.05) is 12.1 Å². The molecule has 1 unspecified atom stereocenters. The Morgan fingerprint density at radius 3 is 2.80 bits per heavy atom.